The third-order valence-corrected chi connectivity index (χ3v) is 1.42. The van der Waals surface area contributed by atoms with Gasteiger partial charge in [-0.1, -0.05) is 13.8 Å². The van der Waals surface area contributed by atoms with Gasteiger partial charge in [-0.3, -0.25) is 4.79 Å². The number of hydrogen-bond donors (Lipinski definition) is 1. The van der Waals surface area contributed by atoms with Crippen LogP contribution in [0.1, 0.15) is 19.4 Å². The van der Waals surface area contributed by atoms with Crippen LogP contribution in [0.5, 0.6) is 0 Å². The lowest BCUT2D eigenvalue weighted by molar-refractivity contribution is -0.108. The van der Waals surface area contributed by atoms with Crippen molar-refractivity contribution in [3.8, 4) is 0 Å². The van der Waals surface area contributed by atoms with E-state index in [0.717, 1.165) is 12.7 Å². The van der Waals surface area contributed by atoms with E-state index in [4.69, 9.17) is 5.11 Å². The summed E-state index contributed by atoms with van der Waals surface area (Å²) in [6, 6.07) is 3.30. The van der Waals surface area contributed by atoms with Gasteiger partial charge in [0, 0.05) is 19.4 Å². The summed E-state index contributed by atoms with van der Waals surface area (Å²) in [4.78, 5) is 21.1. The summed E-state index contributed by atoms with van der Waals surface area (Å²) in [6.45, 7) is 5.98. The molecule has 1 aromatic rings. The fraction of sp³-hybridized carbons (Fsp3) is 0.455. The fourth-order valence-electron chi connectivity index (χ4n) is 0.838. The first-order valence-corrected chi connectivity index (χ1v) is 4.79. The molecule has 0 aromatic carbocycles. The maximum absolute atomic E-state index is 11.0. The lowest BCUT2D eigenvalue weighted by Crippen LogP contribution is -2.19. The second-order valence-electron chi connectivity index (χ2n) is 2.36. The molecule has 1 N–H and O–H groups in total. The number of carbonyl (C=O) groups is 1. The molecule has 0 aliphatic carbocycles. The van der Waals surface area contributed by atoms with E-state index in [1.807, 2.05) is 20.8 Å². The van der Waals surface area contributed by atoms with Crippen LogP contribution in [-0.4, -0.2) is 23.1 Å². The Bertz CT molecular complexity index is 318. The number of aryl methyl sites for hydroxylation is 1. The molecule has 0 spiro atoms. The molecule has 0 unspecified atom stereocenters. The Morgan fingerprint density at radius 1 is 1.40 bits per heavy atom. The van der Waals surface area contributed by atoms with E-state index in [1.54, 1.807) is 12.3 Å². The lowest BCUT2D eigenvalue weighted by atomic mass is 10.3. The van der Waals surface area contributed by atoms with Crippen LogP contribution >= 0.6 is 0 Å². The summed E-state index contributed by atoms with van der Waals surface area (Å²) in [7, 11) is 1.00. The average molecular weight is 213 g/mol. The Morgan fingerprint density at radius 3 is 2.33 bits per heavy atom. The first-order chi connectivity index (χ1) is 7.24. The van der Waals surface area contributed by atoms with Gasteiger partial charge in [0.25, 0.3) is 5.56 Å². The number of aliphatic hydroxyl groups excluding tert-OH is 1. The van der Waals surface area contributed by atoms with Gasteiger partial charge in [0.05, 0.1) is 6.54 Å². The van der Waals surface area contributed by atoms with Crippen LogP contribution < -0.4 is 5.56 Å². The van der Waals surface area contributed by atoms with Crippen molar-refractivity contribution in [2.45, 2.75) is 27.3 Å². The molecule has 1 rings (SSSR count). The van der Waals surface area contributed by atoms with Crippen LogP contribution in [0.3, 0.4) is 0 Å². The monoisotopic (exact) mass is 213 g/mol. The number of carbonyl (C=O) groups excluding carboxylic acids is 1. The van der Waals surface area contributed by atoms with E-state index in [2.05, 4.69) is 0 Å². The van der Waals surface area contributed by atoms with Crippen molar-refractivity contribution in [1.29, 1.82) is 0 Å². The van der Waals surface area contributed by atoms with Crippen LogP contribution in [0.4, 0.5) is 0 Å². The molecule has 86 valence electrons. The molecule has 0 radical (unpaired) electrons. The van der Waals surface area contributed by atoms with Crippen molar-refractivity contribution < 1.29 is 9.90 Å². The Hall–Kier alpha value is -1.42. The highest BCUT2D eigenvalue weighted by Crippen LogP contribution is 1.89. The zero-order valence-corrected chi connectivity index (χ0v) is 9.73. The topological polar surface area (TPSA) is 59.3 Å². The summed E-state index contributed by atoms with van der Waals surface area (Å²) in [5, 5.41) is 7.00. The standard InChI is InChI=1S/C8H9NO2.C2H6.CH4O/c1-7-2-3-9(4-5-10)8(11)6-7;2*1-2/h2-3,5-6H,4H2,1H3;1-2H3;2H,1H3. The zero-order valence-electron chi connectivity index (χ0n) is 9.73. The van der Waals surface area contributed by atoms with Gasteiger partial charge < -0.3 is 14.5 Å². The molecule has 0 amide bonds. The Balaban J connectivity index is 0. The molecule has 1 heterocycles. The first-order valence-electron chi connectivity index (χ1n) is 4.79. The molecule has 4 heteroatoms. The number of aromatic nitrogens is 1. The van der Waals surface area contributed by atoms with E-state index in [0.29, 0.717) is 6.29 Å². The Morgan fingerprint density at radius 2 is 1.93 bits per heavy atom. The number of pyridine rings is 1. The van der Waals surface area contributed by atoms with Gasteiger partial charge in [-0.15, -0.1) is 0 Å². The molecule has 0 bridgehead atoms. The summed E-state index contributed by atoms with van der Waals surface area (Å²) in [6.07, 6.45) is 2.32. The quantitative estimate of drug-likeness (QED) is 0.745. The highest BCUT2D eigenvalue weighted by atomic mass is 16.2. The van der Waals surface area contributed by atoms with Gasteiger partial charge in [0.1, 0.15) is 6.29 Å². The number of rotatable bonds is 2. The second-order valence-corrected chi connectivity index (χ2v) is 2.36. The van der Waals surface area contributed by atoms with Crippen molar-refractivity contribution in [2.24, 2.45) is 0 Å². The van der Waals surface area contributed by atoms with E-state index in [-0.39, 0.29) is 12.1 Å². The normalized spacial score (nSPS) is 7.80. The summed E-state index contributed by atoms with van der Waals surface area (Å²) in [5.74, 6) is 0. The predicted molar refractivity (Wildman–Crippen MR) is 61.0 cm³/mol. The minimum Gasteiger partial charge on any atom is -0.400 e. The van der Waals surface area contributed by atoms with Gasteiger partial charge in [-0.25, -0.2) is 0 Å². The van der Waals surface area contributed by atoms with Gasteiger partial charge in [0.15, 0.2) is 0 Å². The smallest absolute Gasteiger partial charge is 0.251 e. The number of hydrogen-bond acceptors (Lipinski definition) is 3. The van der Waals surface area contributed by atoms with Crippen molar-refractivity contribution in [3.63, 3.8) is 0 Å². The van der Waals surface area contributed by atoms with Gasteiger partial charge in [-0.2, -0.15) is 0 Å². The third kappa shape index (κ3) is 6.62. The number of aliphatic hydroxyl groups is 1. The van der Waals surface area contributed by atoms with E-state index in [1.165, 1.54) is 10.6 Å². The van der Waals surface area contributed by atoms with Crippen LogP contribution in [0.2, 0.25) is 0 Å². The highest BCUT2D eigenvalue weighted by Gasteiger charge is 1.92. The molecule has 1 aromatic heterocycles. The van der Waals surface area contributed by atoms with E-state index >= 15 is 0 Å². The molecule has 0 aliphatic heterocycles. The summed E-state index contributed by atoms with van der Waals surface area (Å²) >= 11 is 0. The molecular weight excluding hydrogens is 194 g/mol. The van der Waals surface area contributed by atoms with E-state index < -0.39 is 0 Å². The lowest BCUT2D eigenvalue weighted by Gasteiger charge is -1.98. The minimum absolute atomic E-state index is 0.128. The number of nitrogens with zero attached hydrogens (tertiary/aromatic N) is 1. The number of aldehydes is 1. The highest BCUT2D eigenvalue weighted by molar-refractivity contribution is 5.49. The molecular formula is C11H19NO3. The molecule has 0 aliphatic rings. The second kappa shape index (κ2) is 10.7. The fourth-order valence-corrected chi connectivity index (χ4v) is 0.838. The molecule has 0 fully saturated rings. The molecule has 0 saturated carbocycles. The van der Waals surface area contributed by atoms with Crippen molar-refractivity contribution in [3.05, 3.63) is 34.2 Å². The van der Waals surface area contributed by atoms with E-state index in [9.17, 15) is 9.59 Å². The summed E-state index contributed by atoms with van der Waals surface area (Å²) < 4.78 is 1.36. The predicted octanol–water partition coefficient (Wildman–Crippen LogP) is 0.990. The van der Waals surface area contributed by atoms with Gasteiger partial charge in [-0.05, 0) is 18.6 Å². The zero-order chi connectivity index (χ0) is 12.3. The maximum atomic E-state index is 11.0. The van der Waals surface area contributed by atoms with Crippen LogP contribution in [-0.2, 0) is 11.3 Å². The molecule has 0 saturated heterocycles. The van der Waals surface area contributed by atoms with Crippen molar-refractivity contribution >= 4 is 6.29 Å². The van der Waals surface area contributed by atoms with Crippen LogP contribution in [0.25, 0.3) is 0 Å². The van der Waals surface area contributed by atoms with Gasteiger partial charge >= 0.3 is 0 Å². The molecule has 15 heavy (non-hydrogen) atoms. The maximum Gasteiger partial charge on any atom is 0.251 e. The Labute approximate surface area is 90.2 Å². The minimum atomic E-state index is -0.128. The largest absolute Gasteiger partial charge is 0.400 e. The average Bonchev–Trinajstić information content (AvgIpc) is 2.28. The van der Waals surface area contributed by atoms with Gasteiger partial charge in [0.2, 0.25) is 0 Å². The first kappa shape index (κ1) is 16.0. The van der Waals surface area contributed by atoms with Crippen LogP contribution in [0, 0.1) is 6.92 Å². The SMILES string of the molecule is CC.CO.Cc1ccn(CC=O)c(=O)c1. The van der Waals surface area contributed by atoms with Crippen LogP contribution in [0.15, 0.2) is 23.1 Å². The molecule has 4 nitrogen and oxygen atoms in total. The summed E-state index contributed by atoms with van der Waals surface area (Å²) in [5.41, 5.74) is 0.786. The van der Waals surface area contributed by atoms with Crippen molar-refractivity contribution in [2.75, 3.05) is 7.11 Å². The third-order valence-electron chi connectivity index (χ3n) is 1.42. The molecule has 0 atom stereocenters. The Kier molecular flexibility index (Phi) is 11.4. The van der Waals surface area contributed by atoms with Crippen molar-refractivity contribution in [1.82, 2.24) is 4.57 Å².